The first kappa shape index (κ1) is 18.1. The molecule has 26 heavy (non-hydrogen) atoms. The van der Waals surface area contributed by atoms with Crippen molar-refractivity contribution >= 4 is 11.8 Å². The number of amides is 2. The summed E-state index contributed by atoms with van der Waals surface area (Å²) in [6, 6.07) is 7.27. The lowest BCUT2D eigenvalue weighted by atomic mass is 9.94. The molecular formula is C18H23N5O3. The third-order valence-corrected chi connectivity index (χ3v) is 4.70. The highest BCUT2D eigenvalue weighted by atomic mass is 16.5. The van der Waals surface area contributed by atoms with E-state index in [1.165, 1.54) is 0 Å². The number of carbonyl (C=O) groups is 2. The Bertz CT molecular complexity index is 804. The molecule has 1 saturated heterocycles. The second-order valence-corrected chi connectivity index (χ2v) is 6.44. The Morgan fingerprint density at radius 1 is 1.35 bits per heavy atom. The van der Waals surface area contributed by atoms with Crippen LogP contribution < -0.4 is 5.32 Å². The molecule has 2 aromatic rings. The summed E-state index contributed by atoms with van der Waals surface area (Å²) in [5, 5.41) is 10.7. The Kier molecular flexibility index (Phi) is 5.32. The van der Waals surface area contributed by atoms with E-state index in [2.05, 4.69) is 15.5 Å². The lowest BCUT2D eigenvalue weighted by molar-refractivity contribution is -0.162. The minimum absolute atomic E-state index is 0.0970. The minimum atomic E-state index is -0.752. The van der Waals surface area contributed by atoms with Gasteiger partial charge in [-0.05, 0) is 18.1 Å². The summed E-state index contributed by atoms with van der Waals surface area (Å²) >= 11 is 0. The largest absolute Gasteiger partial charge is 0.356 e. The van der Waals surface area contributed by atoms with E-state index in [9.17, 15) is 9.59 Å². The molecule has 1 fully saturated rings. The van der Waals surface area contributed by atoms with Crippen molar-refractivity contribution in [2.75, 3.05) is 20.2 Å². The summed E-state index contributed by atoms with van der Waals surface area (Å²) in [5.41, 5.74) is 1.93. The van der Waals surface area contributed by atoms with Crippen LogP contribution in [0.15, 0.2) is 30.6 Å². The van der Waals surface area contributed by atoms with Crippen LogP contribution in [0.3, 0.4) is 0 Å². The summed E-state index contributed by atoms with van der Waals surface area (Å²) < 4.78 is 7.43. The van der Waals surface area contributed by atoms with Crippen LogP contribution in [-0.4, -0.2) is 57.8 Å². The molecule has 1 aromatic carbocycles. The Labute approximate surface area is 152 Å². The number of carbonyl (C=O) groups excluding carboxylic acids is 2. The van der Waals surface area contributed by atoms with Crippen molar-refractivity contribution in [2.24, 2.45) is 7.05 Å². The van der Waals surface area contributed by atoms with Gasteiger partial charge in [0.1, 0.15) is 18.8 Å². The van der Waals surface area contributed by atoms with Gasteiger partial charge in [0.25, 0.3) is 5.91 Å². The zero-order chi connectivity index (χ0) is 18.7. The highest BCUT2D eigenvalue weighted by Crippen LogP contribution is 2.31. The summed E-state index contributed by atoms with van der Waals surface area (Å²) in [6.45, 7) is 2.29. The number of rotatable bonds is 5. The fraction of sp³-hybridized carbons (Fsp3) is 0.444. The van der Waals surface area contributed by atoms with E-state index in [1.54, 1.807) is 18.3 Å². The maximum Gasteiger partial charge on any atom is 0.251 e. The van der Waals surface area contributed by atoms with Gasteiger partial charge in [0.05, 0.1) is 6.04 Å². The van der Waals surface area contributed by atoms with Crippen molar-refractivity contribution in [1.29, 1.82) is 0 Å². The van der Waals surface area contributed by atoms with E-state index in [1.807, 2.05) is 42.8 Å². The number of aromatic nitrogens is 3. The fourth-order valence-corrected chi connectivity index (χ4v) is 3.15. The van der Waals surface area contributed by atoms with E-state index >= 15 is 0 Å². The maximum absolute atomic E-state index is 12.7. The second kappa shape index (κ2) is 7.65. The van der Waals surface area contributed by atoms with Crippen molar-refractivity contribution < 1.29 is 14.3 Å². The zero-order valence-corrected chi connectivity index (χ0v) is 15.2. The van der Waals surface area contributed by atoms with Gasteiger partial charge in [-0.2, -0.15) is 0 Å². The molecule has 0 aliphatic carbocycles. The Morgan fingerprint density at radius 2 is 2.12 bits per heavy atom. The number of nitrogens with zero attached hydrogens (tertiary/aromatic N) is 4. The molecule has 8 nitrogen and oxygen atoms in total. The molecule has 0 spiro atoms. The number of morpholine rings is 1. The van der Waals surface area contributed by atoms with Gasteiger partial charge in [-0.3, -0.25) is 9.59 Å². The highest BCUT2D eigenvalue weighted by molar-refractivity contribution is 5.86. The molecule has 0 unspecified atom stereocenters. The van der Waals surface area contributed by atoms with Crippen LogP contribution in [0.4, 0.5) is 0 Å². The average molecular weight is 357 g/mol. The second-order valence-electron chi connectivity index (χ2n) is 6.44. The quantitative estimate of drug-likeness (QED) is 0.836. The number of likely N-dealkylation sites (N-methyl/N-ethyl adjacent to an activating group) is 1. The maximum atomic E-state index is 12.7. The smallest absolute Gasteiger partial charge is 0.251 e. The van der Waals surface area contributed by atoms with Crippen molar-refractivity contribution in [3.63, 3.8) is 0 Å². The molecule has 3 rings (SSSR count). The lowest BCUT2D eigenvalue weighted by Gasteiger charge is -2.38. The van der Waals surface area contributed by atoms with Crippen molar-refractivity contribution in [1.82, 2.24) is 25.0 Å². The molecule has 2 amide bonds. The van der Waals surface area contributed by atoms with Crippen LogP contribution in [0.1, 0.15) is 23.0 Å². The standard InChI is InChI=1S/C18H23N5O3/c1-12-6-4-5-7-13(12)16-17(26-10-15(24)23(16)3)18(25)19-9-8-14-21-20-11-22(14)2/h4-7,11,16-17H,8-10H2,1-3H3,(H,19,25)/t16-,17+/m1/s1. The predicted molar refractivity (Wildman–Crippen MR) is 94.1 cm³/mol. The van der Waals surface area contributed by atoms with Crippen LogP contribution in [0.25, 0.3) is 0 Å². The van der Waals surface area contributed by atoms with Crippen LogP contribution in [0, 0.1) is 6.92 Å². The van der Waals surface area contributed by atoms with Gasteiger partial charge in [0, 0.05) is 27.1 Å². The van der Waals surface area contributed by atoms with Gasteiger partial charge >= 0.3 is 0 Å². The molecule has 2 atom stereocenters. The van der Waals surface area contributed by atoms with E-state index in [0.717, 1.165) is 17.0 Å². The van der Waals surface area contributed by atoms with E-state index in [-0.39, 0.29) is 18.4 Å². The molecule has 1 N–H and O–H groups in total. The first-order valence-corrected chi connectivity index (χ1v) is 8.52. The third kappa shape index (κ3) is 3.60. The number of ether oxygens (including phenoxy) is 1. The van der Waals surface area contributed by atoms with Gasteiger partial charge in [-0.1, -0.05) is 24.3 Å². The molecule has 1 aromatic heterocycles. The predicted octanol–water partition coefficient (Wildman–Crippen LogP) is 0.381. The number of nitrogens with one attached hydrogen (secondary N) is 1. The third-order valence-electron chi connectivity index (χ3n) is 4.70. The SMILES string of the molecule is Cc1ccccc1[C@@H]1[C@@H](C(=O)NCCc2nncn2C)OCC(=O)N1C. The van der Waals surface area contributed by atoms with E-state index in [4.69, 9.17) is 4.74 Å². The molecule has 138 valence electrons. The van der Waals surface area contributed by atoms with Gasteiger partial charge in [-0.25, -0.2) is 0 Å². The minimum Gasteiger partial charge on any atom is -0.356 e. The Balaban J connectivity index is 1.73. The first-order chi connectivity index (χ1) is 12.5. The van der Waals surface area contributed by atoms with Gasteiger partial charge < -0.3 is 19.5 Å². The van der Waals surface area contributed by atoms with Crippen LogP contribution in [0.2, 0.25) is 0 Å². The van der Waals surface area contributed by atoms with Crippen LogP contribution in [0.5, 0.6) is 0 Å². The van der Waals surface area contributed by atoms with Gasteiger partial charge in [0.2, 0.25) is 5.91 Å². The number of benzene rings is 1. The van der Waals surface area contributed by atoms with Crippen molar-refractivity contribution in [3.8, 4) is 0 Å². The first-order valence-electron chi connectivity index (χ1n) is 8.52. The lowest BCUT2D eigenvalue weighted by Crippen LogP contribution is -2.53. The molecule has 0 saturated carbocycles. The Morgan fingerprint density at radius 3 is 2.81 bits per heavy atom. The molecule has 0 radical (unpaired) electrons. The average Bonchev–Trinajstić information content (AvgIpc) is 3.03. The van der Waals surface area contributed by atoms with Crippen LogP contribution >= 0.6 is 0 Å². The normalized spacial score (nSPS) is 20.3. The van der Waals surface area contributed by atoms with Crippen molar-refractivity contribution in [2.45, 2.75) is 25.5 Å². The molecule has 8 heteroatoms. The topological polar surface area (TPSA) is 89.4 Å². The number of hydrogen-bond acceptors (Lipinski definition) is 5. The number of hydrogen-bond donors (Lipinski definition) is 1. The van der Waals surface area contributed by atoms with E-state index in [0.29, 0.717) is 13.0 Å². The monoisotopic (exact) mass is 357 g/mol. The van der Waals surface area contributed by atoms with E-state index < -0.39 is 12.1 Å². The van der Waals surface area contributed by atoms with Gasteiger partial charge in [0.15, 0.2) is 6.10 Å². The molecule has 2 heterocycles. The zero-order valence-electron chi connectivity index (χ0n) is 15.2. The molecular weight excluding hydrogens is 334 g/mol. The summed E-state index contributed by atoms with van der Waals surface area (Å²) in [7, 11) is 3.57. The highest BCUT2D eigenvalue weighted by Gasteiger charge is 2.40. The van der Waals surface area contributed by atoms with Crippen LogP contribution in [-0.2, 0) is 27.8 Å². The van der Waals surface area contributed by atoms with Gasteiger partial charge in [-0.15, -0.1) is 10.2 Å². The molecule has 1 aliphatic heterocycles. The summed E-state index contributed by atoms with van der Waals surface area (Å²) in [6.07, 6.45) is 1.44. The molecule has 1 aliphatic rings. The summed E-state index contributed by atoms with van der Waals surface area (Å²) in [4.78, 5) is 26.5. The van der Waals surface area contributed by atoms with Crippen molar-refractivity contribution in [3.05, 3.63) is 47.5 Å². The fourth-order valence-electron chi connectivity index (χ4n) is 3.15. The number of aryl methyl sites for hydroxylation is 2. The Hall–Kier alpha value is -2.74. The summed E-state index contributed by atoms with van der Waals surface area (Å²) in [5.74, 6) is 0.416. The molecule has 0 bridgehead atoms.